The molecule has 1 aromatic heterocycles. The molecule has 2 heterocycles. The summed E-state index contributed by atoms with van der Waals surface area (Å²) in [4.78, 5) is 5.02. The molecule has 0 unspecified atom stereocenters. The average Bonchev–Trinajstić information content (AvgIpc) is 2.95. The Morgan fingerprint density at radius 2 is 1.90 bits per heavy atom. The zero-order chi connectivity index (χ0) is 15.7. The van der Waals surface area contributed by atoms with Crippen molar-refractivity contribution in [1.29, 1.82) is 0 Å². The molecule has 0 amide bonds. The van der Waals surface area contributed by atoms with Crippen LogP contribution < -0.4 is 0 Å². The van der Waals surface area contributed by atoms with Gasteiger partial charge in [-0.15, -0.1) is 0 Å². The van der Waals surface area contributed by atoms with E-state index in [1.807, 2.05) is 0 Å². The predicted molar refractivity (Wildman–Crippen MR) is 88.5 cm³/mol. The Morgan fingerprint density at radius 3 is 2.33 bits per heavy atom. The Labute approximate surface area is 130 Å². The third-order valence-corrected chi connectivity index (χ3v) is 5.14. The number of likely N-dealkylation sites (tertiary alicyclic amines) is 1. The van der Waals surface area contributed by atoms with E-state index in [0.717, 1.165) is 24.9 Å². The highest BCUT2D eigenvalue weighted by molar-refractivity contribution is 5.24. The largest absolute Gasteiger partial charge is 0.305 e. The summed E-state index contributed by atoms with van der Waals surface area (Å²) in [6, 6.07) is 0.673. The number of hydrogen-bond acceptors (Lipinski definition) is 3. The predicted octanol–water partition coefficient (Wildman–Crippen LogP) is 2.54. The minimum atomic E-state index is 0.673. The average molecular weight is 292 g/mol. The van der Waals surface area contributed by atoms with Crippen molar-refractivity contribution in [2.24, 2.45) is 11.8 Å². The third kappa shape index (κ3) is 3.32. The van der Waals surface area contributed by atoms with Gasteiger partial charge in [-0.3, -0.25) is 9.58 Å². The smallest absolute Gasteiger partial charge is 0.0641 e. The van der Waals surface area contributed by atoms with Crippen molar-refractivity contribution < 1.29 is 0 Å². The van der Waals surface area contributed by atoms with E-state index in [0.29, 0.717) is 6.04 Å². The van der Waals surface area contributed by atoms with Crippen molar-refractivity contribution in [2.45, 2.75) is 53.8 Å². The SMILES string of the molecule is CCn1nc(C)c(CN2C[C@H](C(C)C)[C@@H](N(C)C)C2)c1C. The van der Waals surface area contributed by atoms with E-state index in [1.165, 1.54) is 30.0 Å². The number of hydrogen-bond donors (Lipinski definition) is 0. The van der Waals surface area contributed by atoms with Crippen LogP contribution in [0.1, 0.15) is 37.7 Å². The van der Waals surface area contributed by atoms with Gasteiger partial charge in [0.25, 0.3) is 0 Å². The van der Waals surface area contributed by atoms with E-state index in [4.69, 9.17) is 0 Å². The van der Waals surface area contributed by atoms with Crippen LogP contribution in [-0.4, -0.2) is 52.8 Å². The molecule has 1 aliphatic heterocycles. The molecule has 4 heteroatoms. The number of rotatable bonds is 5. The maximum absolute atomic E-state index is 4.66. The molecule has 4 nitrogen and oxygen atoms in total. The molecule has 0 aromatic carbocycles. The van der Waals surface area contributed by atoms with Gasteiger partial charge in [-0.25, -0.2) is 0 Å². The first-order valence-corrected chi connectivity index (χ1v) is 8.26. The van der Waals surface area contributed by atoms with Crippen LogP contribution >= 0.6 is 0 Å². The zero-order valence-corrected chi connectivity index (χ0v) is 14.8. The van der Waals surface area contributed by atoms with Gasteiger partial charge in [0.1, 0.15) is 0 Å². The quantitative estimate of drug-likeness (QED) is 0.833. The van der Waals surface area contributed by atoms with Crippen LogP contribution in [0.5, 0.6) is 0 Å². The van der Waals surface area contributed by atoms with E-state index in [1.54, 1.807) is 0 Å². The Bertz CT molecular complexity index is 459. The van der Waals surface area contributed by atoms with Crippen molar-refractivity contribution in [2.75, 3.05) is 27.2 Å². The fourth-order valence-corrected chi connectivity index (χ4v) is 3.72. The summed E-state index contributed by atoms with van der Waals surface area (Å²) in [7, 11) is 4.43. The van der Waals surface area contributed by atoms with Gasteiger partial charge in [0.15, 0.2) is 0 Å². The maximum atomic E-state index is 4.66. The molecule has 120 valence electrons. The lowest BCUT2D eigenvalue weighted by Crippen LogP contribution is -2.37. The Balaban J connectivity index is 2.13. The monoisotopic (exact) mass is 292 g/mol. The maximum Gasteiger partial charge on any atom is 0.0641 e. The Kier molecular flexibility index (Phi) is 5.10. The van der Waals surface area contributed by atoms with Gasteiger partial charge < -0.3 is 4.90 Å². The van der Waals surface area contributed by atoms with E-state index in [-0.39, 0.29) is 0 Å². The molecule has 21 heavy (non-hydrogen) atoms. The highest BCUT2D eigenvalue weighted by Crippen LogP contribution is 2.29. The first-order chi connectivity index (χ1) is 9.85. The molecule has 0 spiro atoms. The molecule has 2 rings (SSSR count). The normalized spacial score (nSPS) is 23.7. The van der Waals surface area contributed by atoms with Crippen molar-refractivity contribution >= 4 is 0 Å². The molecule has 1 fully saturated rings. The summed E-state index contributed by atoms with van der Waals surface area (Å²) in [6.45, 7) is 15.6. The summed E-state index contributed by atoms with van der Waals surface area (Å²) in [6.07, 6.45) is 0. The second-order valence-electron chi connectivity index (χ2n) is 7.10. The van der Waals surface area contributed by atoms with Gasteiger partial charge in [0.2, 0.25) is 0 Å². The standard InChI is InChI=1S/C17H32N4/c1-8-21-14(5)16(13(4)18-21)10-20-9-15(12(2)3)17(11-20)19(6)7/h12,15,17H,8-11H2,1-7H3/t15-,17+/m1/s1. The van der Waals surface area contributed by atoms with Crippen molar-refractivity contribution in [1.82, 2.24) is 19.6 Å². The summed E-state index contributed by atoms with van der Waals surface area (Å²) >= 11 is 0. The Hall–Kier alpha value is -0.870. The number of aryl methyl sites for hydroxylation is 2. The lowest BCUT2D eigenvalue weighted by Gasteiger charge is -2.27. The summed E-state index contributed by atoms with van der Waals surface area (Å²) in [5.74, 6) is 1.50. The zero-order valence-electron chi connectivity index (χ0n) is 14.8. The van der Waals surface area contributed by atoms with E-state index in [9.17, 15) is 0 Å². The number of nitrogens with zero attached hydrogens (tertiary/aromatic N) is 4. The van der Waals surface area contributed by atoms with Gasteiger partial charge in [-0.2, -0.15) is 5.10 Å². The van der Waals surface area contributed by atoms with Crippen molar-refractivity contribution in [3.63, 3.8) is 0 Å². The summed E-state index contributed by atoms with van der Waals surface area (Å²) in [5.41, 5.74) is 3.96. The van der Waals surface area contributed by atoms with Gasteiger partial charge in [0, 0.05) is 43.5 Å². The fraction of sp³-hybridized carbons (Fsp3) is 0.824. The van der Waals surface area contributed by atoms with Crippen LogP contribution in [-0.2, 0) is 13.1 Å². The minimum Gasteiger partial charge on any atom is -0.305 e. The van der Waals surface area contributed by atoms with Crippen LogP contribution in [0.4, 0.5) is 0 Å². The number of likely N-dealkylation sites (N-methyl/N-ethyl adjacent to an activating group) is 1. The van der Waals surface area contributed by atoms with Crippen LogP contribution in [0.2, 0.25) is 0 Å². The molecule has 0 N–H and O–H groups in total. The minimum absolute atomic E-state index is 0.673. The van der Waals surface area contributed by atoms with Gasteiger partial charge in [-0.1, -0.05) is 13.8 Å². The first-order valence-electron chi connectivity index (χ1n) is 8.26. The van der Waals surface area contributed by atoms with Gasteiger partial charge >= 0.3 is 0 Å². The van der Waals surface area contributed by atoms with Crippen LogP contribution in [0.15, 0.2) is 0 Å². The van der Waals surface area contributed by atoms with E-state index < -0.39 is 0 Å². The second kappa shape index (κ2) is 6.49. The van der Waals surface area contributed by atoms with Crippen LogP contribution in [0.25, 0.3) is 0 Å². The lowest BCUT2D eigenvalue weighted by atomic mass is 9.91. The fourth-order valence-electron chi connectivity index (χ4n) is 3.72. The van der Waals surface area contributed by atoms with E-state index in [2.05, 4.69) is 68.3 Å². The molecule has 0 bridgehead atoms. The molecule has 2 atom stereocenters. The molecule has 0 aliphatic carbocycles. The molecule has 1 saturated heterocycles. The molecular weight excluding hydrogens is 260 g/mol. The van der Waals surface area contributed by atoms with Gasteiger partial charge in [0.05, 0.1) is 5.69 Å². The molecule has 1 aliphatic rings. The third-order valence-electron chi connectivity index (χ3n) is 5.14. The van der Waals surface area contributed by atoms with Crippen molar-refractivity contribution in [3.05, 3.63) is 17.0 Å². The highest BCUT2D eigenvalue weighted by Gasteiger charge is 2.36. The van der Waals surface area contributed by atoms with Crippen LogP contribution in [0.3, 0.4) is 0 Å². The number of aromatic nitrogens is 2. The Morgan fingerprint density at radius 1 is 1.24 bits per heavy atom. The molecule has 0 radical (unpaired) electrons. The highest BCUT2D eigenvalue weighted by atomic mass is 15.3. The molecular formula is C17H32N4. The first kappa shape index (κ1) is 16.5. The molecule has 0 saturated carbocycles. The lowest BCUT2D eigenvalue weighted by molar-refractivity contribution is 0.215. The molecule has 1 aromatic rings. The van der Waals surface area contributed by atoms with Gasteiger partial charge in [-0.05, 0) is 46.7 Å². The summed E-state index contributed by atoms with van der Waals surface area (Å²) in [5, 5.41) is 4.66. The van der Waals surface area contributed by atoms with E-state index >= 15 is 0 Å². The summed E-state index contributed by atoms with van der Waals surface area (Å²) < 4.78 is 2.13. The van der Waals surface area contributed by atoms with Crippen molar-refractivity contribution in [3.8, 4) is 0 Å². The topological polar surface area (TPSA) is 24.3 Å². The van der Waals surface area contributed by atoms with Crippen LogP contribution in [0, 0.1) is 25.7 Å². The second-order valence-corrected chi connectivity index (χ2v) is 7.10.